The van der Waals surface area contributed by atoms with Crippen LogP contribution >= 0.6 is 11.6 Å². The summed E-state index contributed by atoms with van der Waals surface area (Å²) in [5.74, 6) is -0.281. The summed E-state index contributed by atoms with van der Waals surface area (Å²) in [6.45, 7) is 4.03. The van der Waals surface area contributed by atoms with Gasteiger partial charge in [-0.1, -0.05) is 31.0 Å². The molecule has 4 heteroatoms. The van der Waals surface area contributed by atoms with Gasteiger partial charge < -0.3 is 5.11 Å². The van der Waals surface area contributed by atoms with Crippen molar-refractivity contribution in [2.75, 3.05) is 19.7 Å². The van der Waals surface area contributed by atoms with E-state index >= 15 is 0 Å². The van der Waals surface area contributed by atoms with Crippen LogP contribution in [-0.4, -0.2) is 29.7 Å². The highest BCUT2D eigenvalue weighted by Crippen LogP contribution is 2.20. The summed E-state index contributed by atoms with van der Waals surface area (Å²) >= 11 is 5.98. The quantitative estimate of drug-likeness (QED) is 0.814. The molecule has 0 aliphatic rings. The van der Waals surface area contributed by atoms with Crippen molar-refractivity contribution >= 4 is 11.6 Å². The predicted molar refractivity (Wildman–Crippen MR) is 68.7 cm³/mol. The van der Waals surface area contributed by atoms with E-state index < -0.39 is 0 Å². The van der Waals surface area contributed by atoms with Crippen molar-refractivity contribution < 1.29 is 9.50 Å². The number of benzene rings is 1. The van der Waals surface area contributed by atoms with E-state index in [4.69, 9.17) is 16.7 Å². The van der Waals surface area contributed by atoms with E-state index in [1.165, 1.54) is 6.07 Å². The standard InChI is InChI=1S/C13H19ClFNO/c1-2-3-7-16(8-9-17)10-11-12(14)5-4-6-13(11)15/h4-6,17H,2-3,7-10H2,1H3. The first kappa shape index (κ1) is 14.4. The lowest BCUT2D eigenvalue weighted by Gasteiger charge is -2.21. The van der Waals surface area contributed by atoms with Crippen LogP contribution in [0.1, 0.15) is 25.3 Å². The maximum Gasteiger partial charge on any atom is 0.129 e. The van der Waals surface area contributed by atoms with Crippen molar-refractivity contribution in [2.24, 2.45) is 0 Å². The summed E-state index contributed by atoms with van der Waals surface area (Å²) < 4.78 is 13.6. The third kappa shape index (κ3) is 4.62. The van der Waals surface area contributed by atoms with Gasteiger partial charge in [0, 0.05) is 23.7 Å². The molecule has 0 saturated carbocycles. The van der Waals surface area contributed by atoms with Crippen LogP contribution in [0.3, 0.4) is 0 Å². The maximum absolute atomic E-state index is 13.6. The van der Waals surface area contributed by atoms with Crippen LogP contribution in [0.5, 0.6) is 0 Å². The van der Waals surface area contributed by atoms with Gasteiger partial charge in [0.2, 0.25) is 0 Å². The highest BCUT2D eigenvalue weighted by Gasteiger charge is 2.11. The third-order valence-corrected chi connectivity index (χ3v) is 3.04. The van der Waals surface area contributed by atoms with Crippen LogP contribution in [0.2, 0.25) is 5.02 Å². The van der Waals surface area contributed by atoms with Gasteiger partial charge in [0.25, 0.3) is 0 Å². The van der Waals surface area contributed by atoms with Gasteiger partial charge in [-0.2, -0.15) is 0 Å². The Labute approximate surface area is 107 Å². The zero-order valence-corrected chi connectivity index (χ0v) is 10.9. The summed E-state index contributed by atoms with van der Waals surface area (Å²) in [4.78, 5) is 2.02. The number of unbranched alkanes of at least 4 members (excludes halogenated alkanes) is 1. The lowest BCUT2D eigenvalue weighted by molar-refractivity contribution is 0.187. The lowest BCUT2D eigenvalue weighted by Crippen LogP contribution is -2.28. The predicted octanol–water partition coefficient (Wildman–Crippen LogP) is 3.07. The van der Waals surface area contributed by atoms with Gasteiger partial charge in [-0.05, 0) is 25.1 Å². The van der Waals surface area contributed by atoms with Gasteiger partial charge in [-0.25, -0.2) is 4.39 Å². The zero-order chi connectivity index (χ0) is 12.7. The minimum Gasteiger partial charge on any atom is -0.395 e. The van der Waals surface area contributed by atoms with Gasteiger partial charge in [-0.15, -0.1) is 0 Å². The van der Waals surface area contributed by atoms with E-state index in [1.54, 1.807) is 12.1 Å². The molecule has 0 atom stereocenters. The third-order valence-electron chi connectivity index (χ3n) is 2.69. The molecule has 0 unspecified atom stereocenters. The van der Waals surface area contributed by atoms with E-state index in [0.29, 0.717) is 23.7 Å². The molecule has 2 nitrogen and oxygen atoms in total. The second kappa shape index (κ2) is 7.64. The van der Waals surface area contributed by atoms with Crippen LogP contribution in [0.4, 0.5) is 4.39 Å². The summed E-state index contributed by atoms with van der Waals surface area (Å²) in [6.07, 6.45) is 2.11. The fraction of sp³-hybridized carbons (Fsp3) is 0.538. The molecule has 1 N–H and O–H groups in total. The molecule has 0 saturated heterocycles. The van der Waals surface area contributed by atoms with Crippen LogP contribution < -0.4 is 0 Å². The Morgan fingerprint density at radius 1 is 1.35 bits per heavy atom. The molecular formula is C13H19ClFNO. The molecule has 17 heavy (non-hydrogen) atoms. The van der Waals surface area contributed by atoms with Crippen molar-refractivity contribution in [1.29, 1.82) is 0 Å². The Kier molecular flexibility index (Phi) is 6.48. The second-order valence-electron chi connectivity index (χ2n) is 4.05. The first-order valence-electron chi connectivity index (χ1n) is 5.95. The molecule has 1 rings (SSSR count). The molecule has 96 valence electrons. The van der Waals surface area contributed by atoms with Crippen molar-refractivity contribution in [3.05, 3.63) is 34.6 Å². The highest BCUT2D eigenvalue weighted by atomic mass is 35.5. The second-order valence-corrected chi connectivity index (χ2v) is 4.46. The number of rotatable bonds is 7. The Hall–Kier alpha value is -0.640. The fourth-order valence-electron chi connectivity index (χ4n) is 1.70. The summed E-state index contributed by atoms with van der Waals surface area (Å²) in [5, 5.41) is 9.43. The van der Waals surface area contributed by atoms with Gasteiger partial charge in [0.1, 0.15) is 5.82 Å². The van der Waals surface area contributed by atoms with Crippen LogP contribution in [-0.2, 0) is 6.54 Å². The maximum atomic E-state index is 13.6. The summed E-state index contributed by atoms with van der Waals surface area (Å²) in [6, 6.07) is 4.71. The summed E-state index contributed by atoms with van der Waals surface area (Å²) in [7, 11) is 0. The van der Waals surface area contributed by atoms with Crippen molar-refractivity contribution in [3.8, 4) is 0 Å². The van der Waals surface area contributed by atoms with E-state index in [0.717, 1.165) is 19.4 Å². The Morgan fingerprint density at radius 3 is 2.71 bits per heavy atom. The molecular weight excluding hydrogens is 241 g/mol. The molecule has 0 amide bonds. The first-order chi connectivity index (χ1) is 8.19. The van der Waals surface area contributed by atoms with E-state index in [2.05, 4.69) is 6.92 Å². The molecule has 1 aromatic carbocycles. The van der Waals surface area contributed by atoms with E-state index in [-0.39, 0.29) is 12.4 Å². The van der Waals surface area contributed by atoms with Crippen molar-refractivity contribution in [1.82, 2.24) is 4.90 Å². The van der Waals surface area contributed by atoms with Gasteiger partial charge >= 0.3 is 0 Å². The van der Waals surface area contributed by atoms with Crippen LogP contribution in [0.25, 0.3) is 0 Å². The number of halogens is 2. The van der Waals surface area contributed by atoms with Gasteiger partial charge in [0.05, 0.1) is 6.61 Å². The molecule has 0 aliphatic heterocycles. The molecule has 0 radical (unpaired) electrons. The lowest BCUT2D eigenvalue weighted by atomic mass is 10.2. The molecule has 0 heterocycles. The van der Waals surface area contributed by atoms with Crippen molar-refractivity contribution in [2.45, 2.75) is 26.3 Å². The van der Waals surface area contributed by atoms with Crippen LogP contribution in [0.15, 0.2) is 18.2 Å². The van der Waals surface area contributed by atoms with Crippen LogP contribution in [0, 0.1) is 5.82 Å². The number of hydrogen-bond donors (Lipinski definition) is 1. The molecule has 1 aromatic rings. The molecule has 0 spiro atoms. The average molecular weight is 260 g/mol. The highest BCUT2D eigenvalue weighted by molar-refractivity contribution is 6.31. The normalized spacial score (nSPS) is 11.1. The van der Waals surface area contributed by atoms with E-state index in [9.17, 15) is 4.39 Å². The fourth-order valence-corrected chi connectivity index (χ4v) is 1.92. The SMILES string of the molecule is CCCCN(CCO)Cc1c(F)cccc1Cl. The number of hydrogen-bond acceptors (Lipinski definition) is 2. The molecule has 0 fully saturated rings. The van der Waals surface area contributed by atoms with Gasteiger partial charge in [-0.3, -0.25) is 4.90 Å². The first-order valence-corrected chi connectivity index (χ1v) is 6.33. The number of aliphatic hydroxyl groups excluding tert-OH is 1. The molecule has 0 aromatic heterocycles. The average Bonchev–Trinajstić information content (AvgIpc) is 2.31. The minimum absolute atomic E-state index is 0.0792. The molecule has 0 aliphatic carbocycles. The monoisotopic (exact) mass is 259 g/mol. The van der Waals surface area contributed by atoms with Gasteiger partial charge in [0.15, 0.2) is 0 Å². The van der Waals surface area contributed by atoms with Crippen molar-refractivity contribution in [3.63, 3.8) is 0 Å². The Bertz CT molecular complexity index is 326. The molecule has 0 bridgehead atoms. The smallest absolute Gasteiger partial charge is 0.129 e. The number of nitrogens with zero attached hydrogens (tertiary/aromatic N) is 1. The Morgan fingerprint density at radius 2 is 2.12 bits per heavy atom. The number of aliphatic hydroxyl groups is 1. The largest absolute Gasteiger partial charge is 0.395 e. The zero-order valence-electron chi connectivity index (χ0n) is 10.1. The topological polar surface area (TPSA) is 23.5 Å². The van der Waals surface area contributed by atoms with E-state index in [1.807, 2.05) is 4.90 Å². The summed E-state index contributed by atoms with van der Waals surface area (Å²) in [5.41, 5.74) is 0.513. The minimum atomic E-state index is -0.281. The Balaban J connectivity index is 2.70.